The first-order valence-electron chi connectivity index (χ1n) is 14.6. The Kier molecular flexibility index (Phi) is 11.7. The normalized spacial score (nSPS) is 13.5. The van der Waals surface area contributed by atoms with Crippen molar-refractivity contribution in [2.75, 3.05) is 13.1 Å². The lowest BCUT2D eigenvalue weighted by atomic mass is 10.0. The van der Waals surface area contributed by atoms with Gasteiger partial charge < -0.3 is 25.3 Å². The Morgan fingerprint density at radius 1 is 0.951 bits per heavy atom. The number of carbonyl (C=O) groups excluding carboxylic acids is 1. The summed E-state index contributed by atoms with van der Waals surface area (Å²) in [4.78, 5) is 12.5. The second kappa shape index (κ2) is 14.8. The minimum absolute atomic E-state index is 0.0334. The van der Waals surface area contributed by atoms with Crippen LogP contribution in [-0.2, 0) is 35.1 Å². The fourth-order valence-electron chi connectivity index (χ4n) is 4.53. The van der Waals surface area contributed by atoms with E-state index in [-0.39, 0.29) is 35.4 Å². The molecule has 41 heavy (non-hydrogen) atoms. The van der Waals surface area contributed by atoms with Crippen LogP contribution in [0.15, 0.2) is 72.8 Å². The van der Waals surface area contributed by atoms with Crippen molar-refractivity contribution in [2.45, 2.75) is 83.8 Å². The number of aromatic hydroxyl groups is 1. The third-order valence-electron chi connectivity index (χ3n) is 8.02. The molecule has 0 fully saturated rings. The van der Waals surface area contributed by atoms with Crippen molar-refractivity contribution in [1.82, 2.24) is 10.6 Å². The summed E-state index contributed by atoms with van der Waals surface area (Å²) in [6.45, 7) is 14.3. The summed E-state index contributed by atoms with van der Waals surface area (Å²) >= 11 is 0. The summed E-state index contributed by atoms with van der Waals surface area (Å²) in [6.07, 6.45) is 1.78. The Balaban J connectivity index is 1.59. The molecule has 0 bridgehead atoms. The van der Waals surface area contributed by atoms with Gasteiger partial charge in [0.05, 0.1) is 19.1 Å². The Labute approximate surface area is 247 Å². The molecule has 0 aliphatic carbocycles. The molecule has 0 aliphatic rings. The number of rotatable bonds is 14. The number of aliphatic hydroxyl groups excluding tert-OH is 1. The van der Waals surface area contributed by atoms with E-state index in [0.717, 1.165) is 24.0 Å². The number of aliphatic hydroxyl groups is 1. The van der Waals surface area contributed by atoms with Crippen molar-refractivity contribution >= 4 is 14.2 Å². The second-order valence-corrected chi connectivity index (χ2v) is 17.3. The van der Waals surface area contributed by atoms with E-state index < -0.39 is 8.32 Å². The van der Waals surface area contributed by atoms with Crippen molar-refractivity contribution in [1.29, 1.82) is 0 Å². The first-order valence-corrected chi connectivity index (χ1v) is 17.5. The van der Waals surface area contributed by atoms with Gasteiger partial charge in [0.1, 0.15) is 5.75 Å². The number of carbonyl (C=O) groups is 1. The summed E-state index contributed by atoms with van der Waals surface area (Å²) in [6, 6.07) is 23.9. The highest BCUT2D eigenvalue weighted by atomic mass is 28.4. The third kappa shape index (κ3) is 10.1. The molecule has 2 atom stereocenters. The maximum Gasteiger partial charge on any atom is 0.224 e. The first-order chi connectivity index (χ1) is 19.4. The molecule has 6 nitrogen and oxygen atoms in total. The lowest BCUT2D eigenvalue weighted by Crippen LogP contribution is -2.44. The van der Waals surface area contributed by atoms with Gasteiger partial charge in [0, 0.05) is 24.7 Å². The average molecular weight is 577 g/mol. The molecule has 0 unspecified atom stereocenters. The maximum atomic E-state index is 12.5. The van der Waals surface area contributed by atoms with Gasteiger partial charge in [0.2, 0.25) is 5.91 Å². The van der Waals surface area contributed by atoms with Crippen LogP contribution in [0.5, 0.6) is 5.75 Å². The maximum absolute atomic E-state index is 12.5. The molecule has 0 saturated heterocycles. The van der Waals surface area contributed by atoms with E-state index in [4.69, 9.17) is 4.43 Å². The second-order valence-electron chi connectivity index (χ2n) is 12.5. The molecule has 222 valence electrons. The van der Waals surface area contributed by atoms with Gasteiger partial charge in [-0.15, -0.1) is 0 Å². The van der Waals surface area contributed by atoms with E-state index in [0.29, 0.717) is 25.1 Å². The van der Waals surface area contributed by atoms with Crippen LogP contribution in [0.1, 0.15) is 61.6 Å². The lowest BCUT2D eigenvalue weighted by Gasteiger charge is -2.40. The van der Waals surface area contributed by atoms with Crippen molar-refractivity contribution in [2.24, 2.45) is 0 Å². The Hall–Kier alpha value is -2.97. The fraction of sp³-hybridized carbons (Fsp3) is 0.441. The molecule has 1 amide bonds. The highest BCUT2D eigenvalue weighted by Gasteiger charge is 2.39. The smallest absolute Gasteiger partial charge is 0.224 e. The lowest BCUT2D eigenvalue weighted by molar-refractivity contribution is -0.120. The van der Waals surface area contributed by atoms with Gasteiger partial charge in [0.15, 0.2) is 8.32 Å². The average Bonchev–Trinajstić information content (AvgIpc) is 2.91. The number of benzene rings is 3. The van der Waals surface area contributed by atoms with Crippen LogP contribution in [0.3, 0.4) is 0 Å². The van der Waals surface area contributed by atoms with Gasteiger partial charge in [-0.2, -0.15) is 0 Å². The molecular weight excluding hydrogens is 528 g/mol. The van der Waals surface area contributed by atoms with Crippen LogP contribution < -0.4 is 10.6 Å². The summed E-state index contributed by atoms with van der Waals surface area (Å²) in [5.74, 6) is 0.124. The predicted octanol–water partition coefficient (Wildman–Crippen LogP) is 6.07. The molecule has 0 spiro atoms. The van der Waals surface area contributed by atoms with Crippen molar-refractivity contribution in [3.05, 3.63) is 101 Å². The van der Waals surface area contributed by atoms with Gasteiger partial charge in [-0.25, -0.2) is 0 Å². The predicted molar refractivity (Wildman–Crippen MR) is 170 cm³/mol. The first kappa shape index (κ1) is 32.5. The van der Waals surface area contributed by atoms with E-state index >= 15 is 0 Å². The van der Waals surface area contributed by atoms with Crippen LogP contribution in [-0.4, -0.2) is 43.6 Å². The summed E-state index contributed by atoms with van der Waals surface area (Å²) in [5, 5.41) is 26.5. The molecule has 0 radical (unpaired) electrons. The monoisotopic (exact) mass is 576 g/mol. The van der Waals surface area contributed by atoms with Crippen molar-refractivity contribution in [3.8, 4) is 5.75 Å². The zero-order valence-corrected chi connectivity index (χ0v) is 26.5. The van der Waals surface area contributed by atoms with Crippen molar-refractivity contribution < 1.29 is 19.4 Å². The molecule has 3 aromatic rings. The quantitative estimate of drug-likeness (QED) is 0.175. The SMILES string of the molecule is C[C@H](Cc1cccc(CC(=O)NCCc2ccccc2)c1)NC[C@@H](O[Si](C)(C)C(C)(C)C)c1ccc(O)c(CO)c1. The fourth-order valence-corrected chi connectivity index (χ4v) is 5.82. The van der Waals surface area contributed by atoms with Gasteiger partial charge in [0.25, 0.3) is 0 Å². The van der Waals surface area contributed by atoms with Gasteiger partial charge in [-0.05, 0) is 72.3 Å². The molecular formula is C34H48N2O4Si. The van der Waals surface area contributed by atoms with Crippen LogP contribution >= 0.6 is 0 Å². The van der Waals surface area contributed by atoms with E-state index in [2.05, 4.69) is 75.7 Å². The van der Waals surface area contributed by atoms with E-state index in [9.17, 15) is 15.0 Å². The minimum atomic E-state index is -2.09. The number of nitrogens with one attached hydrogen (secondary N) is 2. The highest BCUT2D eigenvalue weighted by molar-refractivity contribution is 6.74. The topological polar surface area (TPSA) is 90.8 Å². The van der Waals surface area contributed by atoms with Gasteiger partial charge in [-0.1, -0.05) is 81.4 Å². The molecule has 3 rings (SSSR count). The van der Waals surface area contributed by atoms with Crippen LogP contribution in [0.4, 0.5) is 0 Å². The molecule has 0 heterocycles. The van der Waals surface area contributed by atoms with Crippen LogP contribution in [0.2, 0.25) is 18.1 Å². The largest absolute Gasteiger partial charge is 0.508 e. The molecule has 0 aromatic heterocycles. The number of amides is 1. The standard InChI is InChI=1S/C34H48N2O4Si/c1-25(19-27-13-10-14-28(20-27)21-33(39)35-18-17-26-11-8-7-9-12-26)36-23-32(40-41(5,6)34(2,3)4)29-15-16-31(38)30(22-29)24-37/h7-16,20,22,25,32,36-38H,17-19,21,23-24H2,1-6H3,(H,35,39)/t25-,32-/m1/s1. The van der Waals surface area contributed by atoms with Crippen molar-refractivity contribution in [3.63, 3.8) is 0 Å². The Morgan fingerprint density at radius 2 is 1.63 bits per heavy atom. The highest BCUT2D eigenvalue weighted by Crippen LogP contribution is 2.40. The molecule has 3 aromatic carbocycles. The van der Waals surface area contributed by atoms with E-state index in [1.54, 1.807) is 6.07 Å². The Bertz CT molecular complexity index is 1260. The summed E-state index contributed by atoms with van der Waals surface area (Å²) in [7, 11) is -2.09. The molecule has 0 aliphatic heterocycles. The zero-order chi connectivity index (χ0) is 30.0. The number of phenols is 1. The molecule has 0 saturated carbocycles. The number of hydrogen-bond donors (Lipinski definition) is 4. The minimum Gasteiger partial charge on any atom is -0.508 e. The zero-order valence-electron chi connectivity index (χ0n) is 25.5. The Morgan fingerprint density at radius 3 is 2.32 bits per heavy atom. The summed E-state index contributed by atoms with van der Waals surface area (Å²) < 4.78 is 6.82. The van der Waals surface area contributed by atoms with E-state index in [1.807, 2.05) is 42.5 Å². The molecule has 4 N–H and O–H groups in total. The van der Waals surface area contributed by atoms with Crippen LogP contribution in [0.25, 0.3) is 0 Å². The van der Waals surface area contributed by atoms with Gasteiger partial charge in [-0.3, -0.25) is 4.79 Å². The molecule has 7 heteroatoms. The number of hydrogen-bond acceptors (Lipinski definition) is 5. The van der Waals surface area contributed by atoms with Crippen LogP contribution in [0, 0.1) is 0 Å². The van der Waals surface area contributed by atoms with E-state index in [1.165, 1.54) is 11.1 Å². The summed E-state index contributed by atoms with van der Waals surface area (Å²) in [5.41, 5.74) is 4.84. The van der Waals surface area contributed by atoms with Gasteiger partial charge >= 0.3 is 0 Å². The third-order valence-corrected chi connectivity index (χ3v) is 12.5.